The van der Waals surface area contributed by atoms with Crippen LogP contribution in [0.3, 0.4) is 0 Å². The molecule has 1 saturated heterocycles. The summed E-state index contributed by atoms with van der Waals surface area (Å²) in [5.74, 6) is 0.354. The first-order valence-corrected chi connectivity index (χ1v) is 11.3. The van der Waals surface area contributed by atoms with E-state index in [4.69, 9.17) is 4.74 Å². The number of ether oxygens (including phenoxy) is 1. The Balaban J connectivity index is 1.55. The molecule has 1 aliphatic heterocycles. The van der Waals surface area contributed by atoms with Gasteiger partial charge < -0.3 is 10.1 Å². The van der Waals surface area contributed by atoms with Gasteiger partial charge >= 0.3 is 0 Å². The van der Waals surface area contributed by atoms with E-state index in [-0.39, 0.29) is 17.3 Å². The zero-order valence-corrected chi connectivity index (χ0v) is 17.4. The van der Waals surface area contributed by atoms with Gasteiger partial charge in [0.25, 0.3) is 0 Å². The standard InChI is InChI=1S/C19H20N4O4S2/c1-27-16-9-3-2-6-13(16)12-20-19(24)15-8-5-11-23(15)29(25,26)17-10-4-7-14-18(17)22-28-21-14/h2-4,6-7,9-10,15H,5,8,11-12H2,1H3,(H,20,24). The first kappa shape index (κ1) is 19.7. The van der Waals surface area contributed by atoms with Crippen molar-refractivity contribution in [2.45, 2.75) is 30.3 Å². The highest BCUT2D eigenvalue weighted by Gasteiger charge is 2.40. The molecule has 2 heterocycles. The molecule has 2 aromatic carbocycles. The SMILES string of the molecule is COc1ccccc1CNC(=O)C1CCCN1S(=O)(=O)c1cccc2nsnc12. The molecule has 0 bridgehead atoms. The zero-order chi connectivity index (χ0) is 20.4. The third-order valence-corrected chi connectivity index (χ3v) is 7.47. The molecule has 8 nitrogen and oxygen atoms in total. The number of rotatable bonds is 6. The van der Waals surface area contributed by atoms with Crippen molar-refractivity contribution in [1.29, 1.82) is 0 Å². The van der Waals surface area contributed by atoms with Crippen LogP contribution in [-0.2, 0) is 21.4 Å². The van der Waals surface area contributed by atoms with Gasteiger partial charge in [-0.3, -0.25) is 4.79 Å². The first-order chi connectivity index (χ1) is 14.0. The summed E-state index contributed by atoms with van der Waals surface area (Å²) in [6, 6.07) is 11.5. The van der Waals surface area contributed by atoms with Crippen molar-refractivity contribution in [2.75, 3.05) is 13.7 Å². The van der Waals surface area contributed by atoms with E-state index >= 15 is 0 Å². The molecular formula is C19H20N4O4S2. The summed E-state index contributed by atoms with van der Waals surface area (Å²) in [5.41, 5.74) is 1.71. The van der Waals surface area contributed by atoms with Gasteiger partial charge in [0.1, 0.15) is 27.7 Å². The number of nitrogens with zero attached hydrogens (tertiary/aromatic N) is 3. The number of carbonyl (C=O) groups is 1. The summed E-state index contributed by atoms with van der Waals surface area (Å²) in [5, 5.41) is 2.85. The summed E-state index contributed by atoms with van der Waals surface area (Å²) in [6.07, 6.45) is 1.10. The molecular weight excluding hydrogens is 412 g/mol. The predicted molar refractivity (Wildman–Crippen MR) is 109 cm³/mol. The van der Waals surface area contributed by atoms with Gasteiger partial charge in [-0.15, -0.1) is 0 Å². The monoisotopic (exact) mass is 432 g/mol. The number of hydrogen-bond acceptors (Lipinski definition) is 7. The molecule has 10 heteroatoms. The van der Waals surface area contributed by atoms with Crippen molar-refractivity contribution in [3.05, 3.63) is 48.0 Å². The van der Waals surface area contributed by atoms with E-state index in [0.29, 0.717) is 36.2 Å². The normalized spacial score (nSPS) is 17.5. The van der Waals surface area contributed by atoms with Crippen molar-refractivity contribution >= 4 is 38.7 Å². The average molecular weight is 433 g/mol. The molecule has 0 saturated carbocycles. The van der Waals surface area contributed by atoms with E-state index in [1.807, 2.05) is 24.3 Å². The zero-order valence-electron chi connectivity index (χ0n) is 15.7. The van der Waals surface area contributed by atoms with Crippen molar-refractivity contribution in [3.63, 3.8) is 0 Å². The fourth-order valence-electron chi connectivity index (χ4n) is 3.55. The van der Waals surface area contributed by atoms with Crippen LogP contribution in [0.2, 0.25) is 0 Å². The minimum absolute atomic E-state index is 0.0909. The van der Waals surface area contributed by atoms with Gasteiger partial charge in [-0.05, 0) is 31.0 Å². The Morgan fingerprint density at radius 1 is 1.24 bits per heavy atom. The van der Waals surface area contributed by atoms with Crippen LogP contribution in [0, 0.1) is 0 Å². The molecule has 0 spiro atoms. The summed E-state index contributed by atoms with van der Waals surface area (Å²) < 4.78 is 41.4. The second-order valence-electron chi connectivity index (χ2n) is 6.69. The lowest BCUT2D eigenvalue weighted by Crippen LogP contribution is -2.45. The number of para-hydroxylation sites is 1. The molecule has 0 aliphatic carbocycles. The van der Waals surface area contributed by atoms with Crippen LogP contribution < -0.4 is 10.1 Å². The minimum atomic E-state index is -3.87. The lowest BCUT2D eigenvalue weighted by molar-refractivity contribution is -0.124. The highest BCUT2D eigenvalue weighted by atomic mass is 32.2. The molecule has 4 rings (SSSR count). The van der Waals surface area contributed by atoms with E-state index in [2.05, 4.69) is 14.1 Å². The molecule has 0 radical (unpaired) electrons. The maximum atomic E-state index is 13.3. The maximum absolute atomic E-state index is 13.3. The van der Waals surface area contributed by atoms with Crippen molar-refractivity contribution in [3.8, 4) is 5.75 Å². The van der Waals surface area contributed by atoms with Gasteiger partial charge in [-0.25, -0.2) is 8.42 Å². The third kappa shape index (κ3) is 3.70. The molecule has 152 valence electrons. The Hall–Kier alpha value is -2.56. The number of carbonyl (C=O) groups excluding carboxylic acids is 1. The Kier molecular flexibility index (Phi) is 5.48. The van der Waals surface area contributed by atoms with Crippen LogP contribution in [0.5, 0.6) is 5.75 Å². The van der Waals surface area contributed by atoms with E-state index < -0.39 is 16.1 Å². The molecule has 1 amide bonds. The fraction of sp³-hybridized carbons (Fsp3) is 0.316. The van der Waals surface area contributed by atoms with E-state index in [9.17, 15) is 13.2 Å². The van der Waals surface area contributed by atoms with Gasteiger partial charge in [-0.2, -0.15) is 13.1 Å². The van der Waals surface area contributed by atoms with Crippen LogP contribution in [0.1, 0.15) is 18.4 Å². The Bertz CT molecular complexity index is 1150. The largest absolute Gasteiger partial charge is 0.496 e. The van der Waals surface area contributed by atoms with Crippen LogP contribution in [-0.4, -0.2) is 47.1 Å². The van der Waals surface area contributed by atoms with Gasteiger partial charge in [0, 0.05) is 18.7 Å². The van der Waals surface area contributed by atoms with E-state index in [1.54, 1.807) is 19.2 Å². The minimum Gasteiger partial charge on any atom is -0.496 e. The topological polar surface area (TPSA) is 101 Å². The van der Waals surface area contributed by atoms with Crippen LogP contribution in [0.15, 0.2) is 47.4 Å². The summed E-state index contributed by atoms with van der Waals surface area (Å²) in [4.78, 5) is 12.9. The molecule has 1 aliphatic rings. The third-order valence-electron chi connectivity index (χ3n) is 4.99. The molecule has 29 heavy (non-hydrogen) atoms. The van der Waals surface area contributed by atoms with Crippen molar-refractivity contribution in [1.82, 2.24) is 18.4 Å². The summed E-state index contributed by atoms with van der Waals surface area (Å²) >= 11 is 0.968. The number of nitrogens with one attached hydrogen (secondary N) is 1. The van der Waals surface area contributed by atoms with Crippen molar-refractivity contribution < 1.29 is 17.9 Å². The second-order valence-corrected chi connectivity index (χ2v) is 9.08. The Morgan fingerprint density at radius 2 is 2.07 bits per heavy atom. The smallest absolute Gasteiger partial charge is 0.246 e. The maximum Gasteiger partial charge on any atom is 0.246 e. The molecule has 1 unspecified atom stereocenters. The number of methoxy groups -OCH3 is 1. The summed E-state index contributed by atoms with van der Waals surface area (Å²) in [7, 11) is -2.30. The van der Waals surface area contributed by atoms with Gasteiger partial charge in [0.05, 0.1) is 18.8 Å². The highest BCUT2D eigenvalue weighted by Crippen LogP contribution is 2.30. The number of hydrogen-bond donors (Lipinski definition) is 1. The quantitative estimate of drug-likeness (QED) is 0.641. The number of amides is 1. The van der Waals surface area contributed by atoms with Gasteiger partial charge in [0.15, 0.2) is 0 Å². The number of aromatic nitrogens is 2. The predicted octanol–water partition coefficient (Wildman–Crippen LogP) is 2.17. The average Bonchev–Trinajstić information content (AvgIpc) is 3.41. The molecule has 1 aromatic heterocycles. The molecule has 1 fully saturated rings. The second kappa shape index (κ2) is 8.05. The van der Waals surface area contributed by atoms with E-state index in [1.165, 1.54) is 10.4 Å². The van der Waals surface area contributed by atoms with Gasteiger partial charge in [0.2, 0.25) is 15.9 Å². The number of benzene rings is 2. The fourth-order valence-corrected chi connectivity index (χ4v) is 5.97. The van der Waals surface area contributed by atoms with E-state index in [0.717, 1.165) is 17.3 Å². The first-order valence-electron chi connectivity index (χ1n) is 9.15. The molecule has 1 N–H and O–H groups in total. The summed E-state index contributed by atoms with van der Waals surface area (Å²) in [6.45, 7) is 0.557. The lowest BCUT2D eigenvalue weighted by atomic mass is 10.2. The highest BCUT2D eigenvalue weighted by molar-refractivity contribution is 7.89. The van der Waals surface area contributed by atoms with Crippen LogP contribution in [0.25, 0.3) is 11.0 Å². The number of fused-ring (bicyclic) bond motifs is 1. The molecule has 1 atom stereocenters. The Morgan fingerprint density at radius 3 is 2.90 bits per heavy atom. The number of sulfonamides is 1. The van der Waals surface area contributed by atoms with Crippen molar-refractivity contribution in [2.24, 2.45) is 0 Å². The van der Waals surface area contributed by atoms with Crippen LogP contribution in [0.4, 0.5) is 0 Å². The Labute approximate surface area is 172 Å². The molecule has 3 aromatic rings. The van der Waals surface area contributed by atoms with Crippen LogP contribution >= 0.6 is 11.7 Å². The lowest BCUT2D eigenvalue weighted by Gasteiger charge is -2.23. The van der Waals surface area contributed by atoms with Gasteiger partial charge in [-0.1, -0.05) is 24.3 Å².